The van der Waals surface area contributed by atoms with E-state index in [1.54, 1.807) is 0 Å². The van der Waals surface area contributed by atoms with Gasteiger partial charge in [-0.3, -0.25) is 4.90 Å². The molecule has 1 unspecified atom stereocenters. The van der Waals surface area contributed by atoms with E-state index in [2.05, 4.69) is 21.0 Å². The fourth-order valence-corrected chi connectivity index (χ4v) is 2.65. The summed E-state index contributed by atoms with van der Waals surface area (Å²) in [7, 11) is 0. The zero-order valence-electron chi connectivity index (χ0n) is 10.5. The summed E-state index contributed by atoms with van der Waals surface area (Å²) in [5.41, 5.74) is 0. The predicted molar refractivity (Wildman–Crippen MR) is 68.9 cm³/mol. The first-order valence-electron chi connectivity index (χ1n) is 6.58. The lowest BCUT2D eigenvalue weighted by Gasteiger charge is -2.32. The van der Waals surface area contributed by atoms with Gasteiger partial charge in [0.15, 0.2) is 0 Å². The van der Waals surface area contributed by atoms with Crippen molar-refractivity contribution in [3.05, 3.63) is 0 Å². The van der Waals surface area contributed by atoms with Crippen molar-refractivity contribution in [1.82, 2.24) is 15.1 Å². The van der Waals surface area contributed by atoms with Gasteiger partial charge >= 0.3 is 0 Å². The number of ether oxygens (including phenoxy) is 1. The Hall–Kier alpha value is -0.600. The average molecular weight is 237 g/mol. The molecule has 1 N–H and O–H groups in total. The van der Waals surface area contributed by atoms with Crippen molar-refractivity contribution >= 4 is 0 Å². The summed E-state index contributed by atoms with van der Waals surface area (Å²) >= 11 is 0. The highest BCUT2D eigenvalue weighted by Gasteiger charge is 2.28. The molecule has 0 amide bonds. The van der Waals surface area contributed by atoms with Crippen LogP contribution in [0.4, 0.5) is 0 Å². The standard InChI is InChI=1S/C13H23N3O/c1-2-4-14-5-7-15-6-3-13(12-15)16-8-10-17-11-9-16/h1,13-14H,3-12H2. The first-order valence-corrected chi connectivity index (χ1v) is 6.58. The van der Waals surface area contributed by atoms with E-state index < -0.39 is 0 Å². The molecule has 2 aliphatic heterocycles. The Morgan fingerprint density at radius 3 is 2.88 bits per heavy atom. The quantitative estimate of drug-likeness (QED) is 0.521. The maximum absolute atomic E-state index is 5.39. The maximum Gasteiger partial charge on any atom is 0.0594 e. The van der Waals surface area contributed by atoms with Gasteiger partial charge in [0.05, 0.1) is 19.8 Å². The van der Waals surface area contributed by atoms with Crippen LogP contribution in [0.1, 0.15) is 6.42 Å². The van der Waals surface area contributed by atoms with E-state index in [0.29, 0.717) is 6.54 Å². The van der Waals surface area contributed by atoms with E-state index >= 15 is 0 Å². The molecule has 96 valence electrons. The second-order valence-electron chi connectivity index (χ2n) is 4.77. The summed E-state index contributed by atoms with van der Waals surface area (Å²) in [6.45, 7) is 9.24. The normalized spacial score (nSPS) is 27.1. The van der Waals surface area contributed by atoms with E-state index in [9.17, 15) is 0 Å². The SMILES string of the molecule is C#CCNCCN1CCC(N2CCOCC2)C1. The maximum atomic E-state index is 5.39. The van der Waals surface area contributed by atoms with Crippen LogP contribution in [0, 0.1) is 12.3 Å². The Morgan fingerprint density at radius 1 is 1.29 bits per heavy atom. The zero-order chi connectivity index (χ0) is 11.9. The summed E-state index contributed by atoms with van der Waals surface area (Å²) in [5.74, 6) is 2.60. The second-order valence-corrected chi connectivity index (χ2v) is 4.77. The van der Waals surface area contributed by atoms with Gasteiger partial charge in [-0.25, -0.2) is 0 Å². The minimum absolute atomic E-state index is 0.681. The molecule has 2 rings (SSSR count). The molecule has 2 saturated heterocycles. The summed E-state index contributed by atoms with van der Waals surface area (Å²) in [6, 6.07) is 0.742. The number of rotatable bonds is 5. The zero-order valence-corrected chi connectivity index (χ0v) is 10.5. The molecule has 0 aromatic heterocycles. The summed E-state index contributed by atoms with van der Waals surface area (Å²) in [4.78, 5) is 5.11. The first-order chi connectivity index (χ1) is 8.40. The van der Waals surface area contributed by atoms with Gasteiger partial charge in [-0.15, -0.1) is 6.42 Å². The number of morpholine rings is 1. The lowest BCUT2D eigenvalue weighted by Crippen LogP contribution is -2.45. The largest absolute Gasteiger partial charge is 0.379 e. The smallest absolute Gasteiger partial charge is 0.0594 e. The summed E-state index contributed by atoms with van der Waals surface area (Å²) < 4.78 is 5.39. The van der Waals surface area contributed by atoms with E-state index in [0.717, 1.165) is 45.4 Å². The molecule has 2 heterocycles. The highest BCUT2D eigenvalue weighted by Crippen LogP contribution is 2.16. The van der Waals surface area contributed by atoms with E-state index in [-0.39, 0.29) is 0 Å². The van der Waals surface area contributed by atoms with Crippen molar-refractivity contribution in [2.24, 2.45) is 0 Å². The molecule has 2 fully saturated rings. The van der Waals surface area contributed by atoms with Gasteiger partial charge in [0.1, 0.15) is 0 Å². The Morgan fingerprint density at radius 2 is 2.12 bits per heavy atom. The number of nitrogens with zero attached hydrogens (tertiary/aromatic N) is 2. The van der Waals surface area contributed by atoms with Crippen molar-refractivity contribution in [2.45, 2.75) is 12.5 Å². The molecule has 0 aliphatic carbocycles. The van der Waals surface area contributed by atoms with Gasteiger partial charge in [-0.1, -0.05) is 5.92 Å². The topological polar surface area (TPSA) is 27.7 Å². The van der Waals surface area contributed by atoms with Crippen LogP contribution in [0.15, 0.2) is 0 Å². The highest BCUT2D eigenvalue weighted by atomic mass is 16.5. The molecule has 0 spiro atoms. The van der Waals surface area contributed by atoms with Crippen molar-refractivity contribution in [3.8, 4) is 12.3 Å². The van der Waals surface area contributed by atoms with Crippen LogP contribution >= 0.6 is 0 Å². The third-order valence-corrected chi connectivity index (χ3v) is 3.64. The monoisotopic (exact) mass is 237 g/mol. The van der Waals surface area contributed by atoms with Crippen molar-refractivity contribution in [2.75, 3.05) is 59.0 Å². The summed E-state index contributed by atoms with van der Waals surface area (Å²) in [6.07, 6.45) is 6.50. The predicted octanol–water partition coefficient (Wildman–Crippen LogP) is -0.384. The van der Waals surface area contributed by atoms with Gasteiger partial charge < -0.3 is 15.0 Å². The Kier molecular flexibility index (Phi) is 5.27. The van der Waals surface area contributed by atoms with Gasteiger partial charge in [-0.2, -0.15) is 0 Å². The Labute approximate surface area is 104 Å². The van der Waals surface area contributed by atoms with Crippen molar-refractivity contribution in [1.29, 1.82) is 0 Å². The van der Waals surface area contributed by atoms with Crippen LogP contribution < -0.4 is 5.32 Å². The van der Waals surface area contributed by atoms with Gasteiger partial charge in [-0.05, 0) is 13.0 Å². The molecule has 4 heteroatoms. The van der Waals surface area contributed by atoms with Crippen LogP contribution in [0.3, 0.4) is 0 Å². The molecule has 0 radical (unpaired) electrons. The number of nitrogens with one attached hydrogen (secondary N) is 1. The van der Waals surface area contributed by atoms with Crippen LogP contribution in [-0.2, 0) is 4.74 Å². The highest BCUT2D eigenvalue weighted by molar-refractivity contribution is 4.87. The van der Waals surface area contributed by atoms with Crippen LogP contribution in [0.5, 0.6) is 0 Å². The molecule has 0 aromatic rings. The minimum Gasteiger partial charge on any atom is -0.379 e. The molecule has 2 aliphatic rings. The number of hydrogen-bond donors (Lipinski definition) is 1. The third-order valence-electron chi connectivity index (χ3n) is 3.64. The van der Waals surface area contributed by atoms with E-state index in [1.165, 1.54) is 19.5 Å². The molecule has 17 heavy (non-hydrogen) atoms. The van der Waals surface area contributed by atoms with Crippen molar-refractivity contribution in [3.63, 3.8) is 0 Å². The number of hydrogen-bond acceptors (Lipinski definition) is 4. The lowest BCUT2D eigenvalue weighted by molar-refractivity contribution is 0.0185. The van der Waals surface area contributed by atoms with Gasteiger partial charge in [0.25, 0.3) is 0 Å². The van der Waals surface area contributed by atoms with Crippen LogP contribution in [0.25, 0.3) is 0 Å². The van der Waals surface area contributed by atoms with Crippen molar-refractivity contribution < 1.29 is 4.74 Å². The lowest BCUT2D eigenvalue weighted by atomic mass is 10.2. The molecule has 1 atom stereocenters. The molecule has 0 bridgehead atoms. The Bertz CT molecular complexity index is 258. The fourth-order valence-electron chi connectivity index (χ4n) is 2.65. The summed E-state index contributed by atoms with van der Waals surface area (Å²) in [5, 5.41) is 3.24. The molecule has 0 aromatic carbocycles. The minimum atomic E-state index is 0.681. The molecular formula is C13H23N3O. The number of likely N-dealkylation sites (tertiary alicyclic amines) is 1. The van der Waals surface area contributed by atoms with Crippen LogP contribution in [0.2, 0.25) is 0 Å². The molecule has 0 saturated carbocycles. The Balaban J connectivity index is 1.63. The first kappa shape index (κ1) is 12.8. The number of terminal acetylenes is 1. The van der Waals surface area contributed by atoms with E-state index in [4.69, 9.17) is 11.2 Å². The van der Waals surface area contributed by atoms with Gasteiger partial charge in [0.2, 0.25) is 0 Å². The average Bonchev–Trinajstić information content (AvgIpc) is 2.85. The molecular weight excluding hydrogens is 214 g/mol. The molecule has 4 nitrogen and oxygen atoms in total. The second kappa shape index (κ2) is 6.97. The van der Waals surface area contributed by atoms with Crippen LogP contribution in [-0.4, -0.2) is 74.9 Å². The van der Waals surface area contributed by atoms with E-state index in [1.807, 2.05) is 0 Å². The van der Waals surface area contributed by atoms with Gasteiger partial charge in [0, 0.05) is 38.8 Å². The fraction of sp³-hybridized carbons (Fsp3) is 0.846. The third kappa shape index (κ3) is 3.97.